The number of nitrogens with zero attached hydrogens (tertiary/aromatic N) is 1. The first-order valence-corrected chi connectivity index (χ1v) is 10.8. The number of rotatable bonds is 6. The molecule has 9 heteroatoms. The van der Waals surface area contributed by atoms with Crippen LogP contribution < -0.4 is 14.8 Å². The Bertz CT molecular complexity index is 985. The number of fused-ring (bicyclic) bond motifs is 1. The van der Waals surface area contributed by atoms with E-state index in [9.17, 15) is 13.2 Å². The van der Waals surface area contributed by atoms with Gasteiger partial charge in [-0.1, -0.05) is 12.1 Å². The molecule has 2 aromatic carbocycles. The molecule has 8 nitrogen and oxygen atoms in total. The molecule has 0 aliphatic carbocycles. The summed E-state index contributed by atoms with van der Waals surface area (Å²) in [5.74, 6) is 1.14. The predicted octanol–water partition coefficient (Wildman–Crippen LogP) is 2.01. The summed E-state index contributed by atoms with van der Waals surface area (Å²) in [5.41, 5.74) is 1.54. The average molecular weight is 418 g/mol. The first-order valence-electron chi connectivity index (χ1n) is 9.39. The average Bonchev–Trinajstić information content (AvgIpc) is 3.21. The van der Waals surface area contributed by atoms with Crippen LogP contribution in [0.15, 0.2) is 47.4 Å². The highest BCUT2D eigenvalue weighted by Gasteiger charge is 2.26. The number of carbonyl (C=O) groups excluding carboxylic acids is 1. The summed E-state index contributed by atoms with van der Waals surface area (Å²) in [5, 5.41) is 2.83. The molecular weight excluding hydrogens is 396 g/mol. The quantitative estimate of drug-likeness (QED) is 0.771. The Morgan fingerprint density at radius 3 is 2.48 bits per heavy atom. The van der Waals surface area contributed by atoms with Gasteiger partial charge in [-0.25, -0.2) is 8.42 Å². The molecule has 0 bridgehead atoms. The summed E-state index contributed by atoms with van der Waals surface area (Å²) < 4.78 is 42.5. The number of nitrogens with one attached hydrogen (secondary N) is 1. The molecule has 1 saturated heterocycles. The van der Waals surface area contributed by atoms with Gasteiger partial charge < -0.3 is 19.5 Å². The van der Waals surface area contributed by atoms with Crippen LogP contribution >= 0.6 is 0 Å². The van der Waals surface area contributed by atoms with Crippen LogP contribution in [-0.2, 0) is 26.0 Å². The van der Waals surface area contributed by atoms with Crippen molar-refractivity contribution in [3.8, 4) is 11.5 Å². The summed E-state index contributed by atoms with van der Waals surface area (Å²) in [6.45, 7) is 1.74. The van der Waals surface area contributed by atoms with E-state index in [-0.39, 0.29) is 24.0 Å². The van der Waals surface area contributed by atoms with E-state index in [2.05, 4.69) is 5.32 Å². The van der Waals surface area contributed by atoms with E-state index in [0.717, 1.165) is 5.56 Å². The summed E-state index contributed by atoms with van der Waals surface area (Å²) in [6, 6.07) is 11.9. The van der Waals surface area contributed by atoms with Gasteiger partial charge in [0.05, 0.1) is 18.1 Å². The van der Waals surface area contributed by atoms with Gasteiger partial charge in [-0.05, 0) is 36.2 Å². The van der Waals surface area contributed by atoms with Gasteiger partial charge in [0, 0.05) is 31.3 Å². The van der Waals surface area contributed by atoms with Crippen molar-refractivity contribution in [2.45, 2.75) is 17.7 Å². The Balaban J connectivity index is 1.32. The smallest absolute Gasteiger partial charge is 0.243 e. The van der Waals surface area contributed by atoms with Gasteiger partial charge in [-0.3, -0.25) is 4.79 Å². The maximum Gasteiger partial charge on any atom is 0.243 e. The number of hydrogen-bond donors (Lipinski definition) is 1. The first kappa shape index (κ1) is 19.7. The molecule has 0 unspecified atom stereocenters. The van der Waals surface area contributed by atoms with Gasteiger partial charge >= 0.3 is 0 Å². The Labute approximate surface area is 169 Å². The van der Waals surface area contributed by atoms with Crippen LogP contribution in [0.2, 0.25) is 0 Å². The van der Waals surface area contributed by atoms with Crippen LogP contribution in [0.1, 0.15) is 12.0 Å². The van der Waals surface area contributed by atoms with E-state index < -0.39 is 10.0 Å². The van der Waals surface area contributed by atoms with E-state index in [0.29, 0.717) is 49.9 Å². The summed E-state index contributed by atoms with van der Waals surface area (Å²) in [6.07, 6.45) is 0.790. The Morgan fingerprint density at radius 1 is 1.00 bits per heavy atom. The summed E-state index contributed by atoms with van der Waals surface area (Å²) >= 11 is 0. The number of benzene rings is 2. The van der Waals surface area contributed by atoms with Gasteiger partial charge in [0.25, 0.3) is 0 Å². The number of aryl methyl sites for hydroxylation is 1. The Kier molecular flexibility index (Phi) is 5.70. The highest BCUT2D eigenvalue weighted by Crippen LogP contribution is 2.34. The van der Waals surface area contributed by atoms with Crippen molar-refractivity contribution < 1.29 is 27.4 Å². The van der Waals surface area contributed by atoms with Gasteiger partial charge in [0.1, 0.15) is 0 Å². The minimum atomic E-state index is -3.50. The van der Waals surface area contributed by atoms with Crippen LogP contribution in [0.5, 0.6) is 11.5 Å². The molecule has 0 spiro atoms. The molecular formula is C20H22N2O6S. The van der Waals surface area contributed by atoms with E-state index >= 15 is 0 Å². The molecule has 1 fully saturated rings. The number of carbonyl (C=O) groups is 1. The summed E-state index contributed by atoms with van der Waals surface area (Å²) in [7, 11) is -3.50. The minimum Gasteiger partial charge on any atom is -0.454 e. The SMILES string of the molecule is O=C(CCc1ccc(S(=O)(=O)N2CCOCC2)cc1)Nc1ccc2c(c1)OCO2. The lowest BCUT2D eigenvalue weighted by atomic mass is 10.1. The maximum atomic E-state index is 12.6. The molecule has 1 amide bonds. The molecule has 2 aliphatic heterocycles. The van der Waals surface area contributed by atoms with E-state index in [1.165, 1.54) is 4.31 Å². The predicted molar refractivity (Wildman–Crippen MR) is 106 cm³/mol. The highest BCUT2D eigenvalue weighted by atomic mass is 32.2. The topological polar surface area (TPSA) is 94.2 Å². The van der Waals surface area contributed by atoms with Crippen LogP contribution in [0, 0.1) is 0 Å². The molecule has 0 atom stereocenters. The molecule has 2 heterocycles. The van der Waals surface area contributed by atoms with Crippen molar-refractivity contribution in [2.24, 2.45) is 0 Å². The third kappa shape index (κ3) is 4.52. The first-order chi connectivity index (χ1) is 14.0. The van der Waals surface area contributed by atoms with Crippen molar-refractivity contribution in [2.75, 3.05) is 38.4 Å². The van der Waals surface area contributed by atoms with Crippen molar-refractivity contribution in [3.05, 3.63) is 48.0 Å². The van der Waals surface area contributed by atoms with Crippen molar-refractivity contribution in [1.82, 2.24) is 4.31 Å². The Hall–Kier alpha value is -2.62. The lowest BCUT2D eigenvalue weighted by Gasteiger charge is -2.26. The van der Waals surface area contributed by atoms with Crippen LogP contribution in [-0.4, -0.2) is 51.7 Å². The van der Waals surface area contributed by atoms with Crippen LogP contribution in [0.3, 0.4) is 0 Å². The largest absolute Gasteiger partial charge is 0.454 e. The second-order valence-electron chi connectivity index (χ2n) is 6.78. The van der Waals surface area contributed by atoms with Crippen molar-refractivity contribution >= 4 is 21.6 Å². The maximum absolute atomic E-state index is 12.6. The van der Waals surface area contributed by atoms with E-state index in [4.69, 9.17) is 14.2 Å². The van der Waals surface area contributed by atoms with Crippen LogP contribution in [0.4, 0.5) is 5.69 Å². The number of morpholine rings is 1. The van der Waals surface area contributed by atoms with Gasteiger partial charge in [0.2, 0.25) is 22.7 Å². The molecule has 0 saturated carbocycles. The number of sulfonamides is 1. The monoisotopic (exact) mass is 418 g/mol. The van der Waals surface area contributed by atoms with Gasteiger partial charge in [-0.2, -0.15) is 4.31 Å². The van der Waals surface area contributed by atoms with E-state index in [1.807, 2.05) is 0 Å². The number of anilines is 1. The molecule has 0 radical (unpaired) electrons. The molecule has 2 aliphatic rings. The third-order valence-corrected chi connectivity index (χ3v) is 6.74. The van der Waals surface area contributed by atoms with Crippen molar-refractivity contribution in [1.29, 1.82) is 0 Å². The fourth-order valence-corrected chi connectivity index (χ4v) is 4.63. The lowest BCUT2D eigenvalue weighted by molar-refractivity contribution is -0.116. The zero-order valence-electron chi connectivity index (χ0n) is 15.8. The number of hydrogen-bond acceptors (Lipinski definition) is 6. The van der Waals surface area contributed by atoms with Gasteiger partial charge in [0.15, 0.2) is 11.5 Å². The molecule has 29 heavy (non-hydrogen) atoms. The molecule has 4 rings (SSSR count). The fraction of sp³-hybridized carbons (Fsp3) is 0.350. The van der Waals surface area contributed by atoms with Crippen molar-refractivity contribution in [3.63, 3.8) is 0 Å². The number of amides is 1. The highest BCUT2D eigenvalue weighted by molar-refractivity contribution is 7.89. The second-order valence-corrected chi connectivity index (χ2v) is 8.71. The molecule has 1 N–H and O–H groups in total. The van der Waals surface area contributed by atoms with Crippen LogP contribution in [0.25, 0.3) is 0 Å². The van der Waals surface area contributed by atoms with Gasteiger partial charge in [-0.15, -0.1) is 0 Å². The number of ether oxygens (including phenoxy) is 3. The molecule has 0 aromatic heterocycles. The second kappa shape index (κ2) is 8.40. The zero-order chi connectivity index (χ0) is 20.3. The standard InChI is InChI=1S/C20H22N2O6S/c23-20(21-16-4-7-18-19(13-16)28-14-27-18)8-3-15-1-5-17(6-2-15)29(24,25)22-9-11-26-12-10-22/h1-2,4-7,13H,3,8-12,14H2,(H,21,23). The Morgan fingerprint density at radius 2 is 1.72 bits per heavy atom. The summed E-state index contributed by atoms with van der Waals surface area (Å²) in [4.78, 5) is 12.5. The minimum absolute atomic E-state index is 0.131. The lowest BCUT2D eigenvalue weighted by Crippen LogP contribution is -2.40. The third-order valence-electron chi connectivity index (χ3n) is 4.83. The van der Waals surface area contributed by atoms with E-state index in [1.54, 1.807) is 42.5 Å². The zero-order valence-corrected chi connectivity index (χ0v) is 16.6. The normalized spacial score (nSPS) is 16.6. The molecule has 154 valence electrons. The molecule has 2 aromatic rings. The fourth-order valence-electron chi connectivity index (χ4n) is 3.22.